The van der Waals surface area contributed by atoms with Gasteiger partial charge in [0.1, 0.15) is 11.1 Å². The van der Waals surface area contributed by atoms with Crippen molar-refractivity contribution in [3.8, 4) is 17.3 Å². The van der Waals surface area contributed by atoms with E-state index in [0.717, 1.165) is 16.1 Å². The van der Waals surface area contributed by atoms with Crippen molar-refractivity contribution >= 4 is 28.7 Å². The van der Waals surface area contributed by atoms with Crippen LogP contribution in [0, 0.1) is 35.3 Å². The Morgan fingerprint density at radius 1 is 1.23 bits per heavy atom. The molecule has 0 amide bonds. The first-order valence-corrected chi connectivity index (χ1v) is 8.70. The molecule has 0 radical (unpaired) electrons. The summed E-state index contributed by atoms with van der Waals surface area (Å²) >= 11 is 1.44. The molecule has 3 aromatic rings. The molecular formula is C20H15N3O2S. The Kier molecular flexibility index (Phi) is 4.92. The lowest BCUT2D eigenvalue weighted by Gasteiger charge is -1.99. The second-order valence-electron chi connectivity index (χ2n) is 5.81. The summed E-state index contributed by atoms with van der Waals surface area (Å²) in [5.41, 5.74) is 4.00. The van der Waals surface area contributed by atoms with Gasteiger partial charge in [0.25, 0.3) is 5.69 Å². The monoisotopic (exact) mass is 361 g/mol. The first-order valence-electron chi connectivity index (χ1n) is 7.89. The van der Waals surface area contributed by atoms with Crippen LogP contribution in [-0.4, -0.2) is 9.91 Å². The van der Waals surface area contributed by atoms with Crippen molar-refractivity contribution in [2.75, 3.05) is 0 Å². The third-order valence-corrected chi connectivity index (χ3v) is 4.87. The van der Waals surface area contributed by atoms with Gasteiger partial charge in [-0.15, -0.1) is 11.3 Å². The molecule has 128 valence electrons. The molecule has 3 rings (SSSR count). The summed E-state index contributed by atoms with van der Waals surface area (Å²) in [5.74, 6) is 0. The third-order valence-electron chi connectivity index (χ3n) is 3.86. The van der Waals surface area contributed by atoms with Gasteiger partial charge in [0.05, 0.1) is 16.2 Å². The maximum Gasteiger partial charge on any atom is 0.270 e. The number of aryl methyl sites for hydroxylation is 2. The lowest BCUT2D eigenvalue weighted by atomic mass is 10.1. The molecule has 0 N–H and O–H groups in total. The van der Waals surface area contributed by atoms with Crippen molar-refractivity contribution < 1.29 is 4.92 Å². The average molecular weight is 361 g/mol. The van der Waals surface area contributed by atoms with E-state index in [2.05, 4.69) is 11.1 Å². The molecule has 0 aliphatic rings. The minimum absolute atomic E-state index is 0.00768. The summed E-state index contributed by atoms with van der Waals surface area (Å²) in [7, 11) is 0. The maximum absolute atomic E-state index is 10.9. The second-order valence-corrected chi connectivity index (χ2v) is 7.01. The SMILES string of the molecule is Cc1ccc(-c2nc(C(C#N)=Cc3cccc([N+](=O)[O-])c3)sc2C)cc1. The highest BCUT2D eigenvalue weighted by Gasteiger charge is 2.14. The molecule has 0 spiro atoms. The number of nitriles is 1. The third kappa shape index (κ3) is 3.68. The Morgan fingerprint density at radius 3 is 2.62 bits per heavy atom. The Balaban J connectivity index is 2.00. The highest BCUT2D eigenvalue weighted by Crippen LogP contribution is 2.32. The molecule has 6 heteroatoms. The standard InChI is InChI=1S/C20H15N3O2S/c1-13-6-8-16(9-7-13)19-14(2)26-20(22-19)17(12-21)10-15-4-3-5-18(11-15)23(24)25/h3-11H,1-2H3. The number of non-ortho nitro benzene ring substituents is 1. The summed E-state index contributed by atoms with van der Waals surface area (Å²) in [6.45, 7) is 4.00. The van der Waals surface area contributed by atoms with E-state index in [0.29, 0.717) is 16.1 Å². The molecule has 0 bridgehead atoms. The van der Waals surface area contributed by atoms with Crippen molar-refractivity contribution in [3.63, 3.8) is 0 Å². The summed E-state index contributed by atoms with van der Waals surface area (Å²) in [5, 5.41) is 21.1. The predicted octanol–water partition coefficient (Wildman–Crippen LogP) is 5.40. The van der Waals surface area contributed by atoms with Crippen LogP contribution in [0.5, 0.6) is 0 Å². The number of nitro groups is 1. The van der Waals surface area contributed by atoms with Crippen LogP contribution >= 0.6 is 11.3 Å². The number of thiazole rings is 1. The van der Waals surface area contributed by atoms with E-state index in [-0.39, 0.29) is 5.69 Å². The fourth-order valence-electron chi connectivity index (χ4n) is 2.53. The molecule has 2 aromatic carbocycles. The largest absolute Gasteiger partial charge is 0.270 e. The number of allylic oxidation sites excluding steroid dienone is 1. The molecule has 5 nitrogen and oxygen atoms in total. The van der Waals surface area contributed by atoms with Gasteiger partial charge in [-0.3, -0.25) is 10.1 Å². The number of aromatic nitrogens is 1. The van der Waals surface area contributed by atoms with Gasteiger partial charge in [-0.1, -0.05) is 42.0 Å². The minimum Gasteiger partial charge on any atom is -0.258 e. The maximum atomic E-state index is 10.9. The molecular weight excluding hydrogens is 346 g/mol. The molecule has 0 atom stereocenters. The van der Waals surface area contributed by atoms with E-state index in [1.165, 1.54) is 29.0 Å². The van der Waals surface area contributed by atoms with Crippen LogP contribution in [0.4, 0.5) is 5.69 Å². The van der Waals surface area contributed by atoms with E-state index in [1.807, 2.05) is 38.1 Å². The lowest BCUT2D eigenvalue weighted by molar-refractivity contribution is -0.384. The van der Waals surface area contributed by atoms with E-state index in [4.69, 9.17) is 0 Å². The Labute approximate surface area is 155 Å². The van der Waals surface area contributed by atoms with Crippen LogP contribution in [0.2, 0.25) is 0 Å². The molecule has 0 saturated heterocycles. The van der Waals surface area contributed by atoms with Crippen LogP contribution in [0.15, 0.2) is 48.5 Å². The highest BCUT2D eigenvalue weighted by molar-refractivity contribution is 7.13. The first-order chi connectivity index (χ1) is 12.5. The highest BCUT2D eigenvalue weighted by atomic mass is 32.1. The number of nitrogens with zero attached hydrogens (tertiary/aromatic N) is 3. The van der Waals surface area contributed by atoms with Gasteiger partial charge in [0.15, 0.2) is 0 Å². The van der Waals surface area contributed by atoms with Gasteiger partial charge in [0, 0.05) is 22.6 Å². The normalized spacial score (nSPS) is 11.2. The number of hydrogen-bond acceptors (Lipinski definition) is 5. The van der Waals surface area contributed by atoms with E-state index in [1.54, 1.807) is 18.2 Å². The van der Waals surface area contributed by atoms with Gasteiger partial charge in [-0.2, -0.15) is 5.26 Å². The zero-order valence-corrected chi connectivity index (χ0v) is 15.1. The van der Waals surface area contributed by atoms with Crippen molar-refractivity contribution in [1.29, 1.82) is 5.26 Å². The molecule has 1 heterocycles. The fraction of sp³-hybridized carbons (Fsp3) is 0.100. The van der Waals surface area contributed by atoms with Crippen molar-refractivity contribution in [1.82, 2.24) is 4.98 Å². The van der Waals surface area contributed by atoms with E-state index >= 15 is 0 Å². The van der Waals surface area contributed by atoms with E-state index in [9.17, 15) is 15.4 Å². The number of rotatable bonds is 4. The van der Waals surface area contributed by atoms with Crippen LogP contribution in [0.3, 0.4) is 0 Å². The smallest absolute Gasteiger partial charge is 0.258 e. The number of hydrogen-bond donors (Lipinski definition) is 0. The minimum atomic E-state index is -0.452. The Morgan fingerprint density at radius 2 is 1.96 bits per heavy atom. The molecule has 1 aromatic heterocycles. The summed E-state index contributed by atoms with van der Waals surface area (Å²) in [6.07, 6.45) is 1.63. The van der Waals surface area contributed by atoms with Crippen LogP contribution in [0.25, 0.3) is 22.9 Å². The summed E-state index contributed by atoms with van der Waals surface area (Å²) in [6, 6.07) is 16.4. The topological polar surface area (TPSA) is 79.8 Å². The molecule has 0 aliphatic carbocycles. The molecule has 0 aliphatic heterocycles. The lowest BCUT2D eigenvalue weighted by Crippen LogP contribution is -1.88. The molecule has 26 heavy (non-hydrogen) atoms. The molecule has 0 fully saturated rings. The van der Waals surface area contributed by atoms with Crippen molar-refractivity contribution in [2.45, 2.75) is 13.8 Å². The summed E-state index contributed by atoms with van der Waals surface area (Å²) in [4.78, 5) is 16.1. The quantitative estimate of drug-likeness (QED) is 0.354. The number of nitro benzene ring substituents is 1. The van der Waals surface area contributed by atoms with Gasteiger partial charge >= 0.3 is 0 Å². The van der Waals surface area contributed by atoms with Gasteiger partial charge in [-0.05, 0) is 25.5 Å². The zero-order valence-electron chi connectivity index (χ0n) is 14.3. The van der Waals surface area contributed by atoms with Crippen molar-refractivity contribution in [3.05, 3.63) is 79.7 Å². The summed E-state index contributed by atoms with van der Waals surface area (Å²) < 4.78 is 0. The first kappa shape index (κ1) is 17.5. The van der Waals surface area contributed by atoms with Crippen molar-refractivity contribution in [2.24, 2.45) is 0 Å². The molecule has 0 unspecified atom stereocenters. The fourth-order valence-corrected chi connectivity index (χ4v) is 3.43. The average Bonchev–Trinajstić information content (AvgIpc) is 3.02. The van der Waals surface area contributed by atoms with E-state index < -0.39 is 4.92 Å². The second kappa shape index (κ2) is 7.30. The Bertz CT molecular complexity index is 1040. The van der Waals surface area contributed by atoms with Crippen LogP contribution in [0.1, 0.15) is 21.0 Å². The van der Waals surface area contributed by atoms with Crippen LogP contribution < -0.4 is 0 Å². The Hall–Kier alpha value is -3.30. The number of benzene rings is 2. The predicted molar refractivity (Wildman–Crippen MR) is 104 cm³/mol. The van der Waals surface area contributed by atoms with Crippen LogP contribution in [-0.2, 0) is 0 Å². The van der Waals surface area contributed by atoms with Gasteiger partial charge in [-0.25, -0.2) is 4.98 Å². The zero-order chi connectivity index (χ0) is 18.7. The molecule has 0 saturated carbocycles. The van der Waals surface area contributed by atoms with Gasteiger partial charge < -0.3 is 0 Å². The van der Waals surface area contributed by atoms with Gasteiger partial charge in [0.2, 0.25) is 0 Å².